The predicted molar refractivity (Wildman–Crippen MR) is 75.5 cm³/mol. The minimum absolute atomic E-state index is 0.172. The topological polar surface area (TPSA) is 60.5 Å². The van der Waals surface area contributed by atoms with E-state index < -0.39 is 0 Å². The molecule has 1 aliphatic rings. The van der Waals surface area contributed by atoms with E-state index in [-0.39, 0.29) is 5.91 Å². The normalized spacial score (nSPS) is 16.8. The zero-order valence-electron chi connectivity index (χ0n) is 10.8. The number of fused-ring (bicyclic) bond motifs is 1. The highest BCUT2D eigenvalue weighted by molar-refractivity contribution is 6.27. The van der Waals surface area contributed by atoms with E-state index in [1.54, 1.807) is 0 Å². The van der Waals surface area contributed by atoms with Crippen molar-refractivity contribution in [2.45, 2.75) is 0 Å². The number of hydrogen-bond acceptors (Lipinski definition) is 3. The molecule has 5 nitrogen and oxygen atoms in total. The molecule has 19 heavy (non-hydrogen) atoms. The lowest BCUT2D eigenvalue weighted by molar-refractivity contribution is -0.116. The maximum atomic E-state index is 11.8. The third-order valence-corrected chi connectivity index (χ3v) is 3.09. The van der Waals surface area contributed by atoms with E-state index in [4.69, 9.17) is 0 Å². The van der Waals surface area contributed by atoms with Crippen LogP contribution in [0.25, 0.3) is 17.0 Å². The van der Waals surface area contributed by atoms with Crippen molar-refractivity contribution in [1.82, 2.24) is 15.3 Å². The highest BCUT2D eigenvalue weighted by Gasteiger charge is 2.24. The first-order valence-electron chi connectivity index (χ1n) is 6.00. The molecule has 0 aliphatic carbocycles. The summed E-state index contributed by atoms with van der Waals surface area (Å²) in [5.74, 6) is 0.476. The van der Waals surface area contributed by atoms with Crippen molar-refractivity contribution in [3.63, 3.8) is 0 Å². The van der Waals surface area contributed by atoms with Crippen molar-refractivity contribution in [3.05, 3.63) is 41.6 Å². The summed E-state index contributed by atoms with van der Waals surface area (Å²) in [5.41, 5.74) is 5.10. The minimum atomic E-state index is -0.172. The third-order valence-electron chi connectivity index (χ3n) is 3.09. The van der Waals surface area contributed by atoms with E-state index in [0.29, 0.717) is 11.4 Å². The first-order valence-corrected chi connectivity index (χ1v) is 6.00. The van der Waals surface area contributed by atoms with Gasteiger partial charge in [0, 0.05) is 36.8 Å². The Balaban J connectivity index is 2.10. The first kappa shape index (κ1) is 11.5. The largest absolute Gasteiger partial charge is 0.361 e. The van der Waals surface area contributed by atoms with Crippen molar-refractivity contribution >= 4 is 28.7 Å². The number of para-hydroxylation sites is 1. The van der Waals surface area contributed by atoms with Gasteiger partial charge in [-0.25, -0.2) is 5.43 Å². The Morgan fingerprint density at radius 2 is 2.05 bits per heavy atom. The molecule has 0 saturated carbocycles. The monoisotopic (exact) mass is 254 g/mol. The van der Waals surface area contributed by atoms with Gasteiger partial charge in [0.05, 0.1) is 5.57 Å². The fourth-order valence-corrected chi connectivity index (χ4v) is 2.17. The van der Waals surface area contributed by atoms with Crippen LogP contribution < -0.4 is 5.43 Å². The lowest BCUT2D eigenvalue weighted by Gasteiger charge is -2.10. The van der Waals surface area contributed by atoms with Crippen LogP contribution in [0, 0.1) is 0 Å². The second kappa shape index (κ2) is 4.28. The Kier molecular flexibility index (Phi) is 2.59. The fourth-order valence-electron chi connectivity index (χ4n) is 2.17. The molecule has 0 atom stereocenters. The molecule has 96 valence electrons. The molecule has 3 rings (SSSR count). The number of amidine groups is 1. The van der Waals surface area contributed by atoms with Gasteiger partial charge in [-0.2, -0.15) is 5.10 Å². The van der Waals surface area contributed by atoms with E-state index in [2.05, 4.69) is 15.5 Å². The van der Waals surface area contributed by atoms with Crippen molar-refractivity contribution in [1.29, 1.82) is 0 Å². The molecule has 1 amide bonds. The SMILES string of the molecule is CN(C)C1=NNC(=O)C1=Cc1c[nH]c2ccccc12. The van der Waals surface area contributed by atoms with Gasteiger partial charge in [-0.3, -0.25) is 4.79 Å². The Hall–Kier alpha value is -2.56. The molecule has 1 aromatic heterocycles. The van der Waals surface area contributed by atoms with Gasteiger partial charge in [-0.15, -0.1) is 0 Å². The predicted octanol–water partition coefficient (Wildman–Crippen LogP) is 1.56. The number of nitrogens with one attached hydrogen (secondary N) is 2. The van der Waals surface area contributed by atoms with Crippen LogP contribution in [0.3, 0.4) is 0 Å². The van der Waals surface area contributed by atoms with Gasteiger partial charge in [0.1, 0.15) is 0 Å². The Labute approximate surface area is 110 Å². The van der Waals surface area contributed by atoms with Crippen LogP contribution >= 0.6 is 0 Å². The van der Waals surface area contributed by atoms with Gasteiger partial charge < -0.3 is 9.88 Å². The quantitative estimate of drug-likeness (QED) is 0.759. The number of carbonyl (C=O) groups excluding carboxylic acids is 1. The van der Waals surface area contributed by atoms with Crippen LogP contribution in [-0.2, 0) is 4.79 Å². The summed E-state index contributed by atoms with van der Waals surface area (Å²) in [6.07, 6.45) is 3.76. The van der Waals surface area contributed by atoms with E-state index >= 15 is 0 Å². The molecule has 0 fully saturated rings. The number of rotatable bonds is 1. The fraction of sp³-hybridized carbons (Fsp3) is 0.143. The molecule has 0 bridgehead atoms. The minimum Gasteiger partial charge on any atom is -0.361 e. The van der Waals surface area contributed by atoms with E-state index in [0.717, 1.165) is 16.5 Å². The van der Waals surface area contributed by atoms with Gasteiger partial charge >= 0.3 is 0 Å². The number of amides is 1. The smallest absolute Gasteiger partial charge is 0.275 e. The number of aromatic amines is 1. The van der Waals surface area contributed by atoms with Crippen molar-refractivity contribution in [3.8, 4) is 0 Å². The molecule has 2 N–H and O–H groups in total. The lowest BCUT2D eigenvalue weighted by Crippen LogP contribution is -2.23. The summed E-state index contributed by atoms with van der Waals surface area (Å²) in [5, 5.41) is 5.11. The van der Waals surface area contributed by atoms with Crippen LogP contribution in [0.5, 0.6) is 0 Å². The van der Waals surface area contributed by atoms with Gasteiger partial charge in [-0.05, 0) is 12.1 Å². The van der Waals surface area contributed by atoms with Crippen molar-refractivity contribution < 1.29 is 4.79 Å². The molecule has 2 heterocycles. The van der Waals surface area contributed by atoms with Crippen LogP contribution in [0.1, 0.15) is 5.56 Å². The Morgan fingerprint density at radius 1 is 1.26 bits per heavy atom. The molecule has 5 heteroatoms. The van der Waals surface area contributed by atoms with Crippen LogP contribution in [0.2, 0.25) is 0 Å². The van der Waals surface area contributed by atoms with Crippen molar-refractivity contribution in [2.24, 2.45) is 5.10 Å². The number of benzene rings is 1. The third kappa shape index (κ3) is 1.89. The second-order valence-electron chi connectivity index (χ2n) is 4.62. The lowest BCUT2D eigenvalue weighted by atomic mass is 10.1. The molecule has 2 aromatic rings. The summed E-state index contributed by atoms with van der Waals surface area (Å²) in [7, 11) is 3.73. The van der Waals surface area contributed by atoms with E-state index in [1.807, 2.05) is 55.5 Å². The average molecular weight is 254 g/mol. The van der Waals surface area contributed by atoms with Crippen LogP contribution in [0.15, 0.2) is 41.1 Å². The second-order valence-corrected chi connectivity index (χ2v) is 4.62. The molecule has 0 radical (unpaired) electrons. The number of hydrazone groups is 1. The molecule has 1 aliphatic heterocycles. The van der Waals surface area contributed by atoms with Crippen LogP contribution in [0.4, 0.5) is 0 Å². The molecular weight excluding hydrogens is 240 g/mol. The summed E-state index contributed by atoms with van der Waals surface area (Å²) in [6.45, 7) is 0. The van der Waals surface area contributed by atoms with Gasteiger partial charge in [0.15, 0.2) is 5.84 Å². The average Bonchev–Trinajstić information content (AvgIpc) is 2.96. The molecule has 1 aromatic carbocycles. The standard InChI is InChI=1S/C14H14N4O/c1-18(2)13-11(14(19)17-16-13)7-9-8-15-12-6-4-3-5-10(9)12/h3-8,15H,1-2H3,(H,17,19). The molecule has 0 unspecified atom stereocenters. The number of nitrogens with zero attached hydrogens (tertiary/aromatic N) is 2. The highest BCUT2D eigenvalue weighted by Crippen LogP contribution is 2.22. The van der Waals surface area contributed by atoms with Gasteiger partial charge in [0.2, 0.25) is 0 Å². The summed E-state index contributed by atoms with van der Waals surface area (Å²) >= 11 is 0. The number of carbonyl (C=O) groups is 1. The van der Waals surface area contributed by atoms with Gasteiger partial charge in [0.25, 0.3) is 5.91 Å². The van der Waals surface area contributed by atoms with Crippen molar-refractivity contribution in [2.75, 3.05) is 14.1 Å². The van der Waals surface area contributed by atoms with E-state index in [9.17, 15) is 4.79 Å². The maximum Gasteiger partial charge on any atom is 0.275 e. The molecular formula is C14H14N4O. The zero-order chi connectivity index (χ0) is 13.4. The van der Waals surface area contributed by atoms with E-state index in [1.165, 1.54) is 0 Å². The highest BCUT2D eigenvalue weighted by atomic mass is 16.2. The summed E-state index contributed by atoms with van der Waals surface area (Å²) in [6, 6.07) is 7.99. The summed E-state index contributed by atoms with van der Waals surface area (Å²) in [4.78, 5) is 16.8. The zero-order valence-corrected chi connectivity index (χ0v) is 10.8. The summed E-state index contributed by atoms with van der Waals surface area (Å²) < 4.78 is 0. The number of likely N-dealkylation sites (N-methyl/N-ethyl adjacent to an activating group) is 1. The number of aromatic nitrogens is 1. The Morgan fingerprint density at radius 3 is 2.84 bits per heavy atom. The van der Waals surface area contributed by atoms with Gasteiger partial charge in [-0.1, -0.05) is 18.2 Å². The molecule has 0 saturated heterocycles. The maximum absolute atomic E-state index is 11.8. The van der Waals surface area contributed by atoms with Crippen LogP contribution in [-0.4, -0.2) is 35.7 Å². The number of hydrogen-bond donors (Lipinski definition) is 2. The number of H-pyrrole nitrogens is 1. The molecule has 0 spiro atoms. The first-order chi connectivity index (χ1) is 9.16. The Bertz CT molecular complexity index is 709.